The van der Waals surface area contributed by atoms with Gasteiger partial charge in [-0.3, -0.25) is 0 Å². The number of rotatable bonds is 4. The molecule has 5 nitrogen and oxygen atoms in total. The molecule has 21 heavy (non-hydrogen) atoms. The van der Waals surface area contributed by atoms with E-state index in [0.717, 1.165) is 14.6 Å². The maximum absolute atomic E-state index is 12.0. The molecular formula is C14H13Br2N3O2. The fourth-order valence-corrected chi connectivity index (χ4v) is 2.37. The number of hydrogen-bond acceptors (Lipinski definition) is 5. The number of nitrogens with one attached hydrogen (secondary N) is 1. The zero-order valence-electron chi connectivity index (χ0n) is 11.2. The molecule has 0 amide bonds. The van der Waals surface area contributed by atoms with Crippen LogP contribution in [0.1, 0.15) is 17.3 Å². The van der Waals surface area contributed by atoms with Crippen LogP contribution in [0.5, 0.6) is 0 Å². The highest BCUT2D eigenvalue weighted by Crippen LogP contribution is 2.30. The minimum absolute atomic E-state index is 0.285. The van der Waals surface area contributed by atoms with Gasteiger partial charge in [0.05, 0.1) is 24.2 Å². The summed E-state index contributed by atoms with van der Waals surface area (Å²) in [5.74, 6) is -0.0765. The molecule has 0 unspecified atom stereocenters. The van der Waals surface area contributed by atoms with Crippen LogP contribution in [-0.2, 0) is 4.74 Å². The number of carbonyl (C=O) groups is 1. The number of aromatic nitrogens is 1. The quantitative estimate of drug-likeness (QED) is 0.736. The summed E-state index contributed by atoms with van der Waals surface area (Å²) in [4.78, 5) is 16.2. The predicted molar refractivity (Wildman–Crippen MR) is 89.7 cm³/mol. The highest BCUT2D eigenvalue weighted by Gasteiger charge is 2.15. The fourth-order valence-electron chi connectivity index (χ4n) is 1.67. The number of benzene rings is 1. The van der Waals surface area contributed by atoms with Crippen molar-refractivity contribution < 1.29 is 9.53 Å². The van der Waals surface area contributed by atoms with Gasteiger partial charge in [-0.25, -0.2) is 9.78 Å². The van der Waals surface area contributed by atoms with E-state index in [1.54, 1.807) is 13.0 Å². The lowest BCUT2D eigenvalue weighted by Gasteiger charge is -2.12. The number of ether oxygens (including phenoxy) is 1. The second-order valence-electron chi connectivity index (χ2n) is 4.13. The van der Waals surface area contributed by atoms with Crippen LogP contribution in [-0.4, -0.2) is 17.6 Å². The third-order valence-corrected chi connectivity index (χ3v) is 3.77. The van der Waals surface area contributed by atoms with E-state index in [1.165, 1.54) is 6.20 Å². The van der Waals surface area contributed by atoms with E-state index in [-0.39, 0.29) is 6.61 Å². The Bertz CT molecular complexity index is 677. The number of nitrogens with two attached hydrogens (primary N) is 1. The normalized spacial score (nSPS) is 10.2. The van der Waals surface area contributed by atoms with Crippen molar-refractivity contribution in [3.05, 3.63) is 45.0 Å². The summed E-state index contributed by atoms with van der Waals surface area (Å²) in [5.41, 5.74) is 7.16. The summed E-state index contributed by atoms with van der Waals surface area (Å²) in [6.07, 6.45) is 1.48. The van der Waals surface area contributed by atoms with Crippen LogP contribution >= 0.6 is 31.9 Å². The van der Waals surface area contributed by atoms with Crippen molar-refractivity contribution in [2.45, 2.75) is 6.92 Å². The van der Waals surface area contributed by atoms with Crippen LogP contribution in [0.4, 0.5) is 17.2 Å². The van der Waals surface area contributed by atoms with E-state index in [0.29, 0.717) is 17.1 Å². The monoisotopic (exact) mass is 413 g/mol. The molecule has 0 atom stereocenters. The van der Waals surface area contributed by atoms with Crippen LogP contribution in [0, 0.1) is 0 Å². The molecule has 0 aliphatic carbocycles. The summed E-state index contributed by atoms with van der Waals surface area (Å²) >= 11 is 6.84. The highest BCUT2D eigenvalue weighted by atomic mass is 79.9. The van der Waals surface area contributed by atoms with E-state index in [4.69, 9.17) is 10.5 Å². The summed E-state index contributed by atoms with van der Waals surface area (Å²) in [5, 5.41) is 3.10. The number of nitrogen functional groups attached to an aromatic ring is 1. The van der Waals surface area contributed by atoms with Crippen molar-refractivity contribution in [3.8, 4) is 0 Å². The molecule has 3 N–H and O–H groups in total. The zero-order valence-corrected chi connectivity index (χ0v) is 14.4. The van der Waals surface area contributed by atoms with Gasteiger partial charge in [0.2, 0.25) is 0 Å². The van der Waals surface area contributed by atoms with Gasteiger partial charge in [0.1, 0.15) is 11.4 Å². The van der Waals surface area contributed by atoms with Crippen molar-refractivity contribution in [1.82, 2.24) is 4.98 Å². The first-order valence-electron chi connectivity index (χ1n) is 6.16. The smallest absolute Gasteiger partial charge is 0.341 e. The van der Waals surface area contributed by atoms with Gasteiger partial charge in [-0.05, 0) is 47.1 Å². The molecule has 0 bridgehead atoms. The largest absolute Gasteiger partial charge is 0.462 e. The molecule has 0 saturated carbocycles. The highest BCUT2D eigenvalue weighted by molar-refractivity contribution is 9.11. The lowest BCUT2D eigenvalue weighted by atomic mass is 10.2. The first kappa shape index (κ1) is 15.8. The number of anilines is 3. The maximum Gasteiger partial charge on any atom is 0.341 e. The topological polar surface area (TPSA) is 77.2 Å². The Kier molecular flexibility index (Phi) is 5.19. The molecule has 110 valence electrons. The molecular weight excluding hydrogens is 402 g/mol. The van der Waals surface area contributed by atoms with E-state index in [1.807, 2.05) is 18.2 Å². The lowest BCUT2D eigenvalue weighted by molar-refractivity contribution is 0.0527. The van der Waals surface area contributed by atoms with Crippen LogP contribution in [0.3, 0.4) is 0 Å². The molecule has 1 aromatic carbocycles. The van der Waals surface area contributed by atoms with E-state index in [2.05, 4.69) is 42.2 Å². The third kappa shape index (κ3) is 3.95. The van der Waals surface area contributed by atoms with Crippen LogP contribution in [0.15, 0.2) is 39.4 Å². The van der Waals surface area contributed by atoms with E-state index < -0.39 is 5.97 Å². The maximum atomic E-state index is 12.0. The van der Waals surface area contributed by atoms with Crippen molar-refractivity contribution in [2.75, 3.05) is 17.7 Å². The average Bonchev–Trinajstić information content (AvgIpc) is 2.45. The van der Waals surface area contributed by atoms with Gasteiger partial charge < -0.3 is 15.8 Å². The Morgan fingerprint density at radius 3 is 2.86 bits per heavy atom. The predicted octanol–water partition coefficient (Wildman–Crippen LogP) is 4.11. The SMILES string of the molecule is CCOC(=O)c1cc(N)cnc1Nc1cc(Br)ccc1Br. The van der Waals surface area contributed by atoms with Gasteiger partial charge in [-0.15, -0.1) is 0 Å². The molecule has 0 radical (unpaired) electrons. The third-order valence-electron chi connectivity index (χ3n) is 2.59. The number of hydrogen-bond donors (Lipinski definition) is 2. The molecule has 0 aliphatic heterocycles. The molecule has 1 heterocycles. The Labute approximate surface area is 139 Å². The second kappa shape index (κ2) is 6.91. The minimum atomic E-state index is -0.467. The van der Waals surface area contributed by atoms with Crippen LogP contribution < -0.4 is 11.1 Å². The van der Waals surface area contributed by atoms with Crippen LogP contribution in [0.25, 0.3) is 0 Å². The molecule has 7 heteroatoms. The standard InChI is InChI=1S/C14H13Br2N3O2/c1-2-21-14(20)10-6-9(17)7-18-13(10)19-12-5-8(15)3-4-11(12)16/h3-7H,2,17H2,1H3,(H,18,19). The number of pyridine rings is 1. The van der Waals surface area contributed by atoms with E-state index in [9.17, 15) is 4.79 Å². The van der Waals surface area contributed by atoms with Crippen molar-refractivity contribution in [1.29, 1.82) is 0 Å². The Hall–Kier alpha value is -1.60. The molecule has 0 spiro atoms. The number of esters is 1. The first-order valence-corrected chi connectivity index (χ1v) is 7.74. The second-order valence-corrected chi connectivity index (χ2v) is 5.90. The minimum Gasteiger partial charge on any atom is -0.462 e. The molecule has 0 fully saturated rings. The van der Waals surface area contributed by atoms with Gasteiger partial charge in [0.15, 0.2) is 0 Å². The lowest BCUT2D eigenvalue weighted by Crippen LogP contribution is -2.10. The van der Waals surface area contributed by atoms with Gasteiger partial charge in [-0.1, -0.05) is 15.9 Å². The first-order chi connectivity index (χ1) is 10.0. The fraction of sp³-hybridized carbons (Fsp3) is 0.143. The molecule has 0 aliphatic rings. The van der Waals surface area contributed by atoms with Crippen LogP contribution in [0.2, 0.25) is 0 Å². The van der Waals surface area contributed by atoms with Crippen molar-refractivity contribution >= 4 is 55.0 Å². The summed E-state index contributed by atoms with van der Waals surface area (Å²) < 4.78 is 6.77. The zero-order chi connectivity index (χ0) is 15.4. The molecule has 0 saturated heterocycles. The van der Waals surface area contributed by atoms with Gasteiger partial charge in [-0.2, -0.15) is 0 Å². The van der Waals surface area contributed by atoms with E-state index >= 15 is 0 Å². The summed E-state index contributed by atoms with van der Waals surface area (Å²) in [6, 6.07) is 7.20. The average molecular weight is 415 g/mol. The van der Waals surface area contributed by atoms with Gasteiger partial charge in [0.25, 0.3) is 0 Å². The van der Waals surface area contributed by atoms with Crippen molar-refractivity contribution in [2.24, 2.45) is 0 Å². The van der Waals surface area contributed by atoms with Gasteiger partial charge in [0, 0.05) is 8.95 Å². The summed E-state index contributed by atoms with van der Waals surface area (Å²) in [6.45, 7) is 2.03. The number of carbonyl (C=O) groups excluding carboxylic acids is 1. The molecule has 2 aromatic rings. The Morgan fingerprint density at radius 1 is 1.38 bits per heavy atom. The van der Waals surface area contributed by atoms with Crippen molar-refractivity contribution in [3.63, 3.8) is 0 Å². The van der Waals surface area contributed by atoms with Gasteiger partial charge >= 0.3 is 5.97 Å². The Balaban J connectivity index is 2.39. The number of nitrogens with zero attached hydrogens (tertiary/aromatic N) is 1. The summed E-state index contributed by atoms with van der Waals surface area (Å²) in [7, 11) is 0. The Morgan fingerprint density at radius 2 is 2.14 bits per heavy atom. The molecule has 2 rings (SSSR count). The number of halogens is 2. The molecule has 1 aromatic heterocycles.